The number of halogens is 1. The topological polar surface area (TPSA) is 75.7 Å². The monoisotopic (exact) mass is 492 g/mol. The van der Waals surface area contributed by atoms with Crippen molar-refractivity contribution in [2.24, 2.45) is 5.92 Å². The van der Waals surface area contributed by atoms with Crippen LogP contribution in [0.25, 0.3) is 0 Å². The van der Waals surface area contributed by atoms with Crippen molar-refractivity contribution >= 4 is 31.9 Å². The van der Waals surface area contributed by atoms with Crippen molar-refractivity contribution in [1.82, 2.24) is 9.62 Å². The molecule has 1 heterocycles. The number of carbonyl (C=O) groups excluding carboxylic acids is 1. The zero-order valence-corrected chi connectivity index (χ0v) is 19.0. The number of nitrogens with one attached hydrogen (secondary N) is 1. The highest BCUT2D eigenvalue weighted by Gasteiger charge is 2.31. The second-order valence-corrected chi connectivity index (χ2v) is 10.6. The molecule has 2 fully saturated rings. The largest absolute Gasteiger partial charge is 0.379 e. The predicted molar refractivity (Wildman–Crippen MR) is 118 cm³/mol. The second-order valence-electron chi connectivity index (χ2n) is 7.74. The molecule has 1 aliphatic heterocycles. The first-order valence-corrected chi connectivity index (χ1v) is 12.4. The number of ether oxygens (including phenoxy) is 1. The Morgan fingerprint density at radius 1 is 1.10 bits per heavy atom. The normalized spacial score (nSPS) is 19.1. The van der Waals surface area contributed by atoms with Gasteiger partial charge in [-0.15, -0.1) is 0 Å². The van der Waals surface area contributed by atoms with Crippen LogP contribution in [0, 0.1) is 5.92 Å². The summed E-state index contributed by atoms with van der Waals surface area (Å²) in [5.41, 5.74) is 1.42. The minimum Gasteiger partial charge on any atom is -0.379 e. The van der Waals surface area contributed by atoms with Gasteiger partial charge in [-0.3, -0.25) is 4.79 Å². The molecule has 0 radical (unpaired) electrons. The third-order valence-corrected chi connectivity index (χ3v) is 8.26. The standard InChI is InChI=1S/C22H25BrN2O4S/c23-19-9-7-17(8-10-19)21(16-3-1-4-16)24-22(26)18-5-2-6-20(15-18)30(27,28)25-11-13-29-14-12-25/h2,5-10,15-16,21H,1,3-4,11-14H2,(H,24,26). The number of rotatable bonds is 6. The minimum atomic E-state index is -3.65. The van der Waals surface area contributed by atoms with E-state index < -0.39 is 10.0 Å². The summed E-state index contributed by atoms with van der Waals surface area (Å²) >= 11 is 3.45. The maximum absolute atomic E-state index is 13.0. The van der Waals surface area contributed by atoms with E-state index in [9.17, 15) is 13.2 Å². The van der Waals surface area contributed by atoms with Crippen molar-refractivity contribution in [3.8, 4) is 0 Å². The maximum Gasteiger partial charge on any atom is 0.251 e. The third-order valence-electron chi connectivity index (χ3n) is 5.84. The summed E-state index contributed by atoms with van der Waals surface area (Å²) in [5.74, 6) is 0.143. The van der Waals surface area contributed by atoms with Crippen molar-refractivity contribution < 1.29 is 17.9 Å². The fourth-order valence-corrected chi connectivity index (χ4v) is 5.59. The van der Waals surface area contributed by atoms with Gasteiger partial charge in [0.25, 0.3) is 5.91 Å². The summed E-state index contributed by atoms with van der Waals surface area (Å²) in [6, 6.07) is 14.2. The molecule has 1 unspecified atom stereocenters. The van der Waals surface area contributed by atoms with Crippen LogP contribution in [0.15, 0.2) is 57.9 Å². The van der Waals surface area contributed by atoms with E-state index in [-0.39, 0.29) is 16.8 Å². The zero-order chi connectivity index (χ0) is 21.1. The summed E-state index contributed by atoms with van der Waals surface area (Å²) in [6.45, 7) is 1.42. The number of sulfonamides is 1. The fraction of sp³-hybridized carbons (Fsp3) is 0.409. The Morgan fingerprint density at radius 3 is 2.43 bits per heavy atom. The van der Waals surface area contributed by atoms with Crippen LogP contribution in [-0.2, 0) is 14.8 Å². The summed E-state index contributed by atoms with van der Waals surface area (Å²) in [7, 11) is -3.65. The van der Waals surface area contributed by atoms with Gasteiger partial charge in [0.2, 0.25) is 10.0 Å². The number of hydrogen-bond donors (Lipinski definition) is 1. The smallest absolute Gasteiger partial charge is 0.251 e. The lowest BCUT2D eigenvalue weighted by molar-refractivity contribution is 0.0730. The number of nitrogens with zero attached hydrogens (tertiary/aromatic N) is 1. The van der Waals surface area contributed by atoms with Crippen molar-refractivity contribution in [3.05, 3.63) is 64.1 Å². The molecule has 1 aliphatic carbocycles. The molecule has 1 N–H and O–H groups in total. The van der Waals surface area contributed by atoms with E-state index >= 15 is 0 Å². The van der Waals surface area contributed by atoms with E-state index in [0.717, 1.165) is 22.9 Å². The molecule has 2 aromatic carbocycles. The SMILES string of the molecule is O=C(NC(c1ccc(Br)cc1)C1CCC1)c1cccc(S(=O)(=O)N2CCOCC2)c1. The molecule has 0 spiro atoms. The number of amides is 1. The lowest BCUT2D eigenvalue weighted by Crippen LogP contribution is -2.40. The van der Waals surface area contributed by atoms with E-state index in [2.05, 4.69) is 21.2 Å². The lowest BCUT2D eigenvalue weighted by atomic mass is 9.77. The van der Waals surface area contributed by atoms with Gasteiger partial charge in [0.1, 0.15) is 0 Å². The first kappa shape index (κ1) is 21.5. The number of benzene rings is 2. The number of morpholine rings is 1. The Hall–Kier alpha value is -1.74. The van der Waals surface area contributed by atoms with Gasteiger partial charge in [0.05, 0.1) is 24.2 Å². The highest BCUT2D eigenvalue weighted by molar-refractivity contribution is 9.10. The van der Waals surface area contributed by atoms with Gasteiger partial charge >= 0.3 is 0 Å². The Kier molecular flexibility index (Phi) is 6.57. The molecule has 0 aromatic heterocycles. The van der Waals surface area contributed by atoms with Crippen LogP contribution in [0.1, 0.15) is 41.2 Å². The molecule has 2 aliphatic rings. The van der Waals surface area contributed by atoms with Gasteiger partial charge in [-0.25, -0.2) is 8.42 Å². The average molecular weight is 493 g/mol. The van der Waals surface area contributed by atoms with Crippen LogP contribution >= 0.6 is 15.9 Å². The molecule has 1 saturated heterocycles. The van der Waals surface area contributed by atoms with Gasteiger partial charge in [0.15, 0.2) is 0 Å². The van der Waals surface area contributed by atoms with Crippen molar-refractivity contribution in [2.75, 3.05) is 26.3 Å². The van der Waals surface area contributed by atoms with Crippen LogP contribution in [0.3, 0.4) is 0 Å². The molecule has 1 atom stereocenters. The highest BCUT2D eigenvalue weighted by atomic mass is 79.9. The van der Waals surface area contributed by atoms with Crippen molar-refractivity contribution in [2.45, 2.75) is 30.2 Å². The van der Waals surface area contributed by atoms with E-state index in [1.165, 1.54) is 16.8 Å². The van der Waals surface area contributed by atoms with Crippen LogP contribution < -0.4 is 5.32 Å². The molecule has 1 saturated carbocycles. The predicted octanol–water partition coefficient (Wildman–Crippen LogP) is 3.74. The Bertz CT molecular complexity index is 1000. The van der Waals surface area contributed by atoms with Crippen LogP contribution in [0.2, 0.25) is 0 Å². The molecule has 2 aromatic rings. The summed E-state index contributed by atoms with van der Waals surface area (Å²) in [4.78, 5) is 13.2. The van der Waals surface area contributed by atoms with Crippen molar-refractivity contribution in [1.29, 1.82) is 0 Å². The first-order valence-electron chi connectivity index (χ1n) is 10.2. The van der Waals surface area contributed by atoms with Gasteiger partial charge in [-0.05, 0) is 54.7 Å². The van der Waals surface area contributed by atoms with Gasteiger partial charge in [0, 0.05) is 23.1 Å². The molecule has 8 heteroatoms. The molecule has 4 rings (SSSR count). The first-order chi connectivity index (χ1) is 14.4. The van der Waals surface area contributed by atoms with E-state index in [1.54, 1.807) is 18.2 Å². The van der Waals surface area contributed by atoms with Crippen LogP contribution in [0.4, 0.5) is 0 Å². The Labute approximate surface area is 185 Å². The second kappa shape index (κ2) is 9.18. The Morgan fingerprint density at radius 2 is 1.80 bits per heavy atom. The van der Waals surface area contributed by atoms with E-state index in [4.69, 9.17) is 4.74 Å². The molecular formula is C22H25BrN2O4S. The third kappa shape index (κ3) is 4.61. The van der Waals surface area contributed by atoms with E-state index in [0.29, 0.717) is 37.8 Å². The molecule has 0 bridgehead atoms. The van der Waals surface area contributed by atoms with Gasteiger partial charge in [-0.2, -0.15) is 4.31 Å². The summed E-state index contributed by atoms with van der Waals surface area (Å²) in [6.07, 6.45) is 3.32. The quantitative estimate of drug-likeness (QED) is 0.666. The lowest BCUT2D eigenvalue weighted by Gasteiger charge is -2.34. The molecular weight excluding hydrogens is 468 g/mol. The molecule has 1 amide bonds. The van der Waals surface area contributed by atoms with Crippen LogP contribution in [-0.4, -0.2) is 44.9 Å². The van der Waals surface area contributed by atoms with Crippen molar-refractivity contribution in [3.63, 3.8) is 0 Å². The van der Waals surface area contributed by atoms with Crippen LogP contribution in [0.5, 0.6) is 0 Å². The molecule has 30 heavy (non-hydrogen) atoms. The summed E-state index contributed by atoms with van der Waals surface area (Å²) in [5, 5.41) is 3.15. The molecule has 160 valence electrons. The van der Waals surface area contributed by atoms with Gasteiger partial charge in [-0.1, -0.05) is 40.5 Å². The average Bonchev–Trinajstić information content (AvgIpc) is 2.73. The van der Waals surface area contributed by atoms with Gasteiger partial charge < -0.3 is 10.1 Å². The Balaban J connectivity index is 1.55. The molecule has 6 nitrogen and oxygen atoms in total. The zero-order valence-electron chi connectivity index (χ0n) is 16.6. The fourth-order valence-electron chi connectivity index (χ4n) is 3.88. The minimum absolute atomic E-state index is 0.0844. The number of hydrogen-bond acceptors (Lipinski definition) is 4. The van der Waals surface area contributed by atoms with E-state index in [1.807, 2.05) is 24.3 Å². The number of carbonyl (C=O) groups is 1. The maximum atomic E-state index is 13.0. The summed E-state index contributed by atoms with van der Waals surface area (Å²) < 4.78 is 33.5. The highest BCUT2D eigenvalue weighted by Crippen LogP contribution is 2.38.